The molecule has 25 heavy (non-hydrogen) atoms. The highest BCUT2D eigenvalue weighted by molar-refractivity contribution is 6.02. The number of ether oxygens (including phenoxy) is 1. The Kier molecular flexibility index (Phi) is 8.67. The van der Waals surface area contributed by atoms with Gasteiger partial charge < -0.3 is 14.5 Å². The summed E-state index contributed by atoms with van der Waals surface area (Å²) in [5, 5.41) is 0. The van der Waals surface area contributed by atoms with Crippen LogP contribution in [0.4, 0.5) is 5.69 Å². The molecule has 6 nitrogen and oxygen atoms in total. The SMILES string of the molecule is CCCCN(C)C(=O)CCN(C(C)=O)c1ccccc1C(=O)OCC. The molecule has 0 aliphatic heterocycles. The monoisotopic (exact) mass is 348 g/mol. The first kappa shape index (κ1) is 20.7. The summed E-state index contributed by atoms with van der Waals surface area (Å²) in [6.45, 7) is 6.41. The zero-order valence-electron chi connectivity index (χ0n) is 15.6. The van der Waals surface area contributed by atoms with E-state index in [2.05, 4.69) is 6.92 Å². The molecule has 0 spiro atoms. The highest BCUT2D eigenvalue weighted by Gasteiger charge is 2.21. The molecule has 0 unspecified atom stereocenters. The highest BCUT2D eigenvalue weighted by Crippen LogP contribution is 2.22. The topological polar surface area (TPSA) is 66.9 Å². The van der Waals surface area contributed by atoms with Gasteiger partial charge in [0.2, 0.25) is 11.8 Å². The van der Waals surface area contributed by atoms with Crippen molar-refractivity contribution in [3.8, 4) is 0 Å². The van der Waals surface area contributed by atoms with Gasteiger partial charge in [-0.2, -0.15) is 0 Å². The average molecular weight is 348 g/mol. The third kappa shape index (κ3) is 6.21. The Hall–Kier alpha value is -2.37. The summed E-state index contributed by atoms with van der Waals surface area (Å²) >= 11 is 0. The summed E-state index contributed by atoms with van der Waals surface area (Å²) in [7, 11) is 1.77. The molecule has 1 rings (SSSR count). The van der Waals surface area contributed by atoms with E-state index in [-0.39, 0.29) is 31.4 Å². The molecule has 0 aliphatic carbocycles. The number of carbonyl (C=O) groups excluding carboxylic acids is 3. The molecular formula is C19H28N2O4. The largest absolute Gasteiger partial charge is 0.462 e. The van der Waals surface area contributed by atoms with Crippen molar-refractivity contribution >= 4 is 23.5 Å². The molecule has 0 N–H and O–H groups in total. The predicted molar refractivity (Wildman–Crippen MR) is 97.6 cm³/mol. The van der Waals surface area contributed by atoms with E-state index in [0.717, 1.165) is 12.8 Å². The Labute approximate surface area is 149 Å². The third-order valence-corrected chi connectivity index (χ3v) is 3.89. The number of anilines is 1. The first-order valence-corrected chi connectivity index (χ1v) is 8.70. The Morgan fingerprint density at radius 1 is 1.08 bits per heavy atom. The minimum Gasteiger partial charge on any atom is -0.462 e. The van der Waals surface area contributed by atoms with Gasteiger partial charge in [0.15, 0.2) is 0 Å². The smallest absolute Gasteiger partial charge is 0.340 e. The molecule has 1 aromatic rings. The van der Waals surface area contributed by atoms with Gasteiger partial charge in [-0.3, -0.25) is 9.59 Å². The third-order valence-electron chi connectivity index (χ3n) is 3.89. The molecule has 0 aliphatic rings. The molecule has 2 amide bonds. The molecule has 138 valence electrons. The normalized spacial score (nSPS) is 10.2. The molecule has 0 heterocycles. The van der Waals surface area contributed by atoms with Crippen molar-refractivity contribution in [3.63, 3.8) is 0 Å². The van der Waals surface area contributed by atoms with Crippen molar-refractivity contribution in [1.29, 1.82) is 0 Å². The number of rotatable bonds is 9. The van der Waals surface area contributed by atoms with E-state index < -0.39 is 5.97 Å². The Balaban J connectivity index is 2.90. The zero-order chi connectivity index (χ0) is 18.8. The van der Waals surface area contributed by atoms with Gasteiger partial charge in [-0.25, -0.2) is 4.79 Å². The van der Waals surface area contributed by atoms with Crippen LogP contribution in [-0.4, -0.2) is 49.4 Å². The van der Waals surface area contributed by atoms with Crippen molar-refractivity contribution in [2.24, 2.45) is 0 Å². The van der Waals surface area contributed by atoms with E-state index >= 15 is 0 Å². The summed E-state index contributed by atoms with van der Waals surface area (Å²) < 4.78 is 5.05. The maximum Gasteiger partial charge on any atom is 0.340 e. The van der Waals surface area contributed by atoms with Crippen molar-refractivity contribution < 1.29 is 19.1 Å². The first-order valence-electron chi connectivity index (χ1n) is 8.70. The number of esters is 1. The number of unbranched alkanes of at least 4 members (excludes halogenated alkanes) is 1. The molecule has 0 bridgehead atoms. The fourth-order valence-corrected chi connectivity index (χ4v) is 2.46. The van der Waals surface area contributed by atoms with E-state index in [4.69, 9.17) is 4.74 Å². The lowest BCUT2D eigenvalue weighted by molar-refractivity contribution is -0.129. The quantitative estimate of drug-likeness (QED) is 0.644. The second-order valence-corrected chi connectivity index (χ2v) is 5.83. The van der Waals surface area contributed by atoms with Gasteiger partial charge in [0.1, 0.15) is 0 Å². The molecule has 6 heteroatoms. The highest BCUT2D eigenvalue weighted by atomic mass is 16.5. The zero-order valence-corrected chi connectivity index (χ0v) is 15.6. The van der Waals surface area contributed by atoms with Crippen LogP contribution >= 0.6 is 0 Å². The van der Waals surface area contributed by atoms with Gasteiger partial charge >= 0.3 is 5.97 Å². The molecule has 0 aromatic heterocycles. The average Bonchev–Trinajstić information content (AvgIpc) is 2.59. The number of carbonyl (C=O) groups is 3. The number of nitrogens with zero attached hydrogens (tertiary/aromatic N) is 2. The minimum absolute atomic E-state index is 0.0201. The van der Waals surface area contributed by atoms with Crippen molar-refractivity contribution in [2.75, 3.05) is 31.6 Å². The fourth-order valence-electron chi connectivity index (χ4n) is 2.46. The van der Waals surface area contributed by atoms with Gasteiger partial charge in [-0.05, 0) is 25.5 Å². The van der Waals surface area contributed by atoms with E-state index in [9.17, 15) is 14.4 Å². The lowest BCUT2D eigenvalue weighted by Crippen LogP contribution is -2.35. The maximum absolute atomic E-state index is 12.2. The van der Waals surface area contributed by atoms with Gasteiger partial charge in [0.05, 0.1) is 17.9 Å². The second kappa shape index (κ2) is 10.5. The first-order chi connectivity index (χ1) is 11.9. The molecule has 0 saturated heterocycles. The Bertz CT molecular complexity index is 601. The van der Waals surface area contributed by atoms with Crippen molar-refractivity contribution in [2.45, 2.75) is 40.0 Å². The summed E-state index contributed by atoms with van der Waals surface area (Å²) in [6, 6.07) is 6.79. The number of hydrogen-bond acceptors (Lipinski definition) is 4. The van der Waals surface area contributed by atoms with E-state index in [1.165, 1.54) is 11.8 Å². The number of amides is 2. The van der Waals surface area contributed by atoms with Crippen LogP contribution < -0.4 is 4.90 Å². The number of benzene rings is 1. The number of hydrogen-bond donors (Lipinski definition) is 0. The molecule has 0 saturated carbocycles. The summed E-state index contributed by atoms with van der Waals surface area (Å²) in [5.74, 6) is -0.718. The van der Waals surface area contributed by atoms with Gasteiger partial charge in [-0.1, -0.05) is 25.5 Å². The molecule has 0 fully saturated rings. The van der Waals surface area contributed by atoms with Crippen LogP contribution in [0.25, 0.3) is 0 Å². The van der Waals surface area contributed by atoms with E-state index in [1.807, 2.05) is 0 Å². The standard InChI is InChI=1S/C19H28N2O4/c1-5-7-13-20(4)18(23)12-14-21(15(3)22)17-11-9-8-10-16(17)19(24)25-6-2/h8-11H,5-7,12-14H2,1-4H3. The van der Waals surface area contributed by atoms with Crippen LogP contribution in [0.1, 0.15) is 50.4 Å². The van der Waals surface area contributed by atoms with Crippen LogP contribution in [0, 0.1) is 0 Å². The van der Waals surface area contributed by atoms with Gasteiger partial charge in [0.25, 0.3) is 0 Å². The summed E-state index contributed by atoms with van der Waals surface area (Å²) in [6.07, 6.45) is 2.17. The maximum atomic E-state index is 12.2. The van der Waals surface area contributed by atoms with Crippen molar-refractivity contribution in [1.82, 2.24) is 4.90 Å². The molecule has 0 atom stereocenters. The fraction of sp³-hybridized carbons (Fsp3) is 0.526. The lowest BCUT2D eigenvalue weighted by Gasteiger charge is -2.24. The minimum atomic E-state index is -0.476. The Morgan fingerprint density at radius 2 is 1.76 bits per heavy atom. The van der Waals surface area contributed by atoms with E-state index in [1.54, 1.807) is 43.1 Å². The van der Waals surface area contributed by atoms with Crippen LogP contribution in [0.3, 0.4) is 0 Å². The van der Waals surface area contributed by atoms with Gasteiger partial charge in [-0.15, -0.1) is 0 Å². The van der Waals surface area contributed by atoms with Gasteiger partial charge in [0, 0.05) is 33.5 Å². The van der Waals surface area contributed by atoms with Crippen molar-refractivity contribution in [3.05, 3.63) is 29.8 Å². The van der Waals surface area contributed by atoms with Crippen LogP contribution in [0.2, 0.25) is 0 Å². The summed E-state index contributed by atoms with van der Waals surface area (Å²) in [5.41, 5.74) is 0.795. The Morgan fingerprint density at radius 3 is 2.36 bits per heavy atom. The van der Waals surface area contributed by atoms with Crippen LogP contribution in [-0.2, 0) is 14.3 Å². The molecule has 1 aromatic carbocycles. The molecule has 0 radical (unpaired) electrons. The summed E-state index contributed by atoms with van der Waals surface area (Å²) in [4.78, 5) is 39.6. The van der Waals surface area contributed by atoms with E-state index in [0.29, 0.717) is 17.8 Å². The second-order valence-electron chi connectivity index (χ2n) is 5.83. The predicted octanol–water partition coefficient (Wildman–Crippen LogP) is 2.86. The van der Waals surface area contributed by atoms with Crippen LogP contribution in [0.15, 0.2) is 24.3 Å². The van der Waals surface area contributed by atoms with Crippen LogP contribution in [0.5, 0.6) is 0 Å². The molecular weight excluding hydrogens is 320 g/mol. The lowest BCUT2D eigenvalue weighted by atomic mass is 10.1. The number of para-hydroxylation sites is 1.